The number of benzene rings is 1. The third kappa shape index (κ3) is 5.23. The van der Waals surface area contributed by atoms with E-state index in [9.17, 15) is 19.5 Å². The number of urea groups is 1. The maximum Gasteiger partial charge on any atom is 0.315 e. The van der Waals surface area contributed by atoms with Gasteiger partial charge in [-0.25, -0.2) is 4.79 Å². The van der Waals surface area contributed by atoms with E-state index in [0.29, 0.717) is 42.8 Å². The molecule has 3 amide bonds. The number of carbonyl (C=O) groups is 3. The highest BCUT2D eigenvalue weighted by Crippen LogP contribution is 2.37. The molecule has 3 aliphatic rings. The molecule has 1 aromatic rings. The molecule has 1 atom stereocenters. The van der Waals surface area contributed by atoms with Gasteiger partial charge in [0.1, 0.15) is 0 Å². The number of ketones is 1. The topological polar surface area (TPSA) is 102 Å². The number of nitrogens with one attached hydrogen (secondary N) is 2. The van der Waals surface area contributed by atoms with Gasteiger partial charge in [0.2, 0.25) is 0 Å². The number of carbonyl (C=O) groups excluding carboxylic acids is 3. The van der Waals surface area contributed by atoms with Crippen LogP contribution in [0.25, 0.3) is 0 Å². The van der Waals surface area contributed by atoms with Crippen molar-refractivity contribution >= 4 is 17.7 Å². The number of rotatable bonds is 4. The maximum absolute atomic E-state index is 12.8. The van der Waals surface area contributed by atoms with Gasteiger partial charge in [-0.05, 0) is 66.7 Å². The molecule has 0 bridgehead atoms. The summed E-state index contributed by atoms with van der Waals surface area (Å²) in [5.41, 5.74) is 2.66. The molecule has 7 heteroatoms. The molecule has 7 nitrogen and oxygen atoms in total. The van der Waals surface area contributed by atoms with Crippen LogP contribution in [0.5, 0.6) is 0 Å². The number of amides is 3. The number of hydrogen-bond donors (Lipinski definition) is 2. The maximum atomic E-state index is 12.8. The molecular weight excluding hydrogens is 418 g/mol. The smallest absolute Gasteiger partial charge is 0.315 e. The lowest BCUT2D eigenvalue weighted by Crippen LogP contribution is -2.44. The van der Waals surface area contributed by atoms with Crippen molar-refractivity contribution in [2.24, 2.45) is 11.3 Å². The normalized spacial score (nSPS) is 25.5. The molecule has 0 radical (unpaired) electrons. The van der Waals surface area contributed by atoms with Gasteiger partial charge >= 0.3 is 6.03 Å². The number of nitrogens with zero attached hydrogens (tertiary/aromatic N) is 1. The summed E-state index contributed by atoms with van der Waals surface area (Å²) in [5, 5.41) is 18.3. The van der Waals surface area contributed by atoms with Crippen LogP contribution in [-0.2, 0) is 17.9 Å². The van der Waals surface area contributed by atoms with E-state index >= 15 is 0 Å². The largest absolute Gasteiger partial charge is 0.874 e. The Bertz CT molecular complexity index is 970. The second-order valence-electron chi connectivity index (χ2n) is 10.7. The Morgan fingerprint density at radius 3 is 2.52 bits per heavy atom. The van der Waals surface area contributed by atoms with E-state index in [0.717, 1.165) is 42.9 Å². The minimum Gasteiger partial charge on any atom is -0.874 e. The Morgan fingerprint density at radius 1 is 1.12 bits per heavy atom. The van der Waals surface area contributed by atoms with E-state index in [2.05, 4.69) is 31.4 Å². The van der Waals surface area contributed by atoms with Crippen LogP contribution in [0.3, 0.4) is 0 Å². The number of hydrogen-bond acceptors (Lipinski definition) is 4. The van der Waals surface area contributed by atoms with Gasteiger partial charge in [0.05, 0.1) is 0 Å². The SMILES string of the molecule is CC(C)(C)C1CCC(NC(=O)NCc2ccc3c(c2)CN(C2CCC(=O)C=C2[O-])C3=O)CC1. The summed E-state index contributed by atoms with van der Waals surface area (Å²) in [7, 11) is 0. The Kier molecular flexibility index (Phi) is 6.50. The molecule has 178 valence electrons. The van der Waals surface area contributed by atoms with Crippen molar-refractivity contribution in [2.45, 2.75) is 84.5 Å². The first-order valence-corrected chi connectivity index (χ1v) is 12.0. The third-order valence-electron chi connectivity index (χ3n) is 7.41. The van der Waals surface area contributed by atoms with Gasteiger partial charge in [-0.2, -0.15) is 0 Å². The van der Waals surface area contributed by atoms with Gasteiger partial charge in [0, 0.05) is 37.2 Å². The van der Waals surface area contributed by atoms with Gasteiger partial charge in [-0.3, -0.25) is 9.59 Å². The fourth-order valence-corrected chi connectivity index (χ4v) is 5.34. The van der Waals surface area contributed by atoms with E-state index in [1.807, 2.05) is 12.1 Å². The molecule has 1 aromatic carbocycles. The highest BCUT2D eigenvalue weighted by molar-refractivity contribution is 5.99. The van der Waals surface area contributed by atoms with Crippen molar-refractivity contribution in [3.8, 4) is 0 Å². The molecule has 2 aliphatic carbocycles. The van der Waals surface area contributed by atoms with Gasteiger partial charge < -0.3 is 20.6 Å². The van der Waals surface area contributed by atoms with Crippen LogP contribution >= 0.6 is 0 Å². The van der Waals surface area contributed by atoms with E-state index < -0.39 is 6.04 Å². The van der Waals surface area contributed by atoms with Crippen molar-refractivity contribution in [3.05, 3.63) is 46.7 Å². The second-order valence-corrected chi connectivity index (χ2v) is 10.7. The molecular formula is C26H34N3O4-. The summed E-state index contributed by atoms with van der Waals surface area (Å²) in [6, 6.07) is 5.01. The van der Waals surface area contributed by atoms with Gasteiger partial charge in [0.15, 0.2) is 5.78 Å². The molecule has 1 saturated carbocycles. The predicted molar refractivity (Wildman–Crippen MR) is 123 cm³/mol. The van der Waals surface area contributed by atoms with Crippen molar-refractivity contribution in [2.75, 3.05) is 0 Å². The molecule has 33 heavy (non-hydrogen) atoms. The molecule has 0 spiro atoms. The lowest BCUT2D eigenvalue weighted by molar-refractivity contribution is -0.315. The zero-order valence-corrected chi connectivity index (χ0v) is 19.8. The van der Waals surface area contributed by atoms with Crippen molar-refractivity contribution in [1.29, 1.82) is 0 Å². The van der Waals surface area contributed by atoms with Crippen LogP contribution < -0.4 is 15.7 Å². The summed E-state index contributed by atoms with van der Waals surface area (Å²) < 4.78 is 0. The van der Waals surface area contributed by atoms with Gasteiger partial charge in [-0.15, -0.1) is 5.76 Å². The van der Waals surface area contributed by atoms with Crippen LogP contribution in [0.2, 0.25) is 0 Å². The summed E-state index contributed by atoms with van der Waals surface area (Å²) in [6.45, 7) is 7.58. The summed E-state index contributed by atoms with van der Waals surface area (Å²) >= 11 is 0. The zero-order chi connectivity index (χ0) is 23.8. The molecule has 2 N–H and O–H groups in total. The second kappa shape index (κ2) is 9.20. The minimum absolute atomic E-state index is 0.166. The average Bonchev–Trinajstić information content (AvgIpc) is 3.07. The van der Waals surface area contributed by atoms with Crippen LogP contribution in [-0.4, -0.2) is 34.7 Å². The standard InChI is InChI=1S/C26H35N3O4/c1-26(2,3)18-5-7-19(8-6-18)28-25(33)27-14-16-4-10-21-17(12-16)15-29(24(21)32)22-11-9-20(30)13-23(22)31/h4,10,12-13,18-19,22,31H,5-9,11,14-15H2,1-3H3,(H2,27,28,33)/p-1. The Balaban J connectivity index is 1.29. The van der Waals surface area contributed by atoms with Crippen molar-refractivity contribution < 1.29 is 19.5 Å². The fraction of sp³-hybridized carbons (Fsp3) is 0.577. The lowest BCUT2D eigenvalue weighted by atomic mass is 9.71. The number of allylic oxidation sites excluding steroid dienone is 1. The van der Waals surface area contributed by atoms with Gasteiger partial charge in [0.25, 0.3) is 5.91 Å². The zero-order valence-electron chi connectivity index (χ0n) is 19.8. The minimum atomic E-state index is -0.566. The monoisotopic (exact) mass is 452 g/mol. The summed E-state index contributed by atoms with van der Waals surface area (Å²) in [4.78, 5) is 38.2. The lowest BCUT2D eigenvalue weighted by Gasteiger charge is -2.37. The summed E-state index contributed by atoms with van der Waals surface area (Å²) in [6.07, 6.45) is 6.08. The van der Waals surface area contributed by atoms with Gasteiger partial charge in [-0.1, -0.05) is 32.9 Å². The molecule has 4 rings (SSSR count). The molecule has 1 fully saturated rings. The predicted octanol–water partition coefficient (Wildman–Crippen LogP) is 3.02. The summed E-state index contributed by atoms with van der Waals surface area (Å²) in [5.74, 6) is 0.0700. The highest BCUT2D eigenvalue weighted by Gasteiger charge is 2.34. The number of fused-ring (bicyclic) bond motifs is 1. The first-order valence-electron chi connectivity index (χ1n) is 12.0. The first-order chi connectivity index (χ1) is 15.6. The Hall–Kier alpha value is -2.83. The fourth-order valence-electron chi connectivity index (χ4n) is 5.34. The molecule has 1 unspecified atom stereocenters. The van der Waals surface area contributed by atoms with E-state index in [4.69, 9.17) is 0 Å². The van der Waals surface area contributed by atoms with Crippen molar-refractivity contribution in [3.63, 3.8) is 0 Å². The highest BCUT2D eigenvalue weighted by atomic mass is 16.3. The molecule has 0 aromatic heterocycles. The quantitative estimate of drug-likeness (QED) is 0.733. The van der Waals surface area contributed by atoms with Crippen LogP contribution in [0, 0.1) is 11.3 Å². The van der Waals surface area contributed by atoms with Crippen molar-refractivity contribution in [1.82, 2.24) is 15.5 Å². The van der Waals surface area contributed by atoms with E-state index in [-0.39, 0.29) is 29.5 Å². The Labute approximate surface area is 195 Å². The average molecular weight is 453 g/mol. The first kappa shape index (κ1) is 23.3. The van der Waals surface area contributed by atoms with E-state index in [1.165, 1.54) is 0 Å². The molecule has 1 aliphatic heterocycles. The molecule has 1 heterocycles. The third-order valence-corrected chi connectivity index (χ3v) is 7.41. The Morgan fingerprint density at radius 2 is 1.85 bits per heavy atom. The van der Waals surface area contributed by atoms with E-state index in [1.54, 1.807) is 11.0 Å². The molecule has 0 saturated heterocycles. The van der Waals surface area contributed by atoms with Crippen LogP contribution in [0.4, 0.5) is 4.79 Å². The van der Waals surface area contributed by atoms with Crippen LogP contribution in [0.1, 0.15) is 80.8 Å². The van der Waals surface area contributed by atoms with Crippen LogP contribution in [0.15, 0.2) is 30.0 Å².